The van der Waals surface area contributed by atoms with Crippen LogP contribution in [0.5, 0.6) is 0 Å². The van der Waals surface area contributed by atoms with Gasteiger partial charge in [-0.15, -0.1) is 0 Å². The van der Waals surface area contributed by atoms with Crippen molar-refractivity contribution in [2.45, 2.75) is 32.1 Å². The van der Waals surface area contributed by atoms with Crippen molar-refractivity contribution >= 4 is 23.4 Å². The summed E-state index contributed by atoms with van der Waals surface area (Å²) in [6, 6.07) is 13.9. The summed E-state index contributed by atoms with van der Waals surface area (Å²) in [7, 11) is 0. The van der Waals surface area contributed by atoms with Crippen molar-refractivity contribution in [2.24, 2.45) is 0 Å². The van der Waals surface area contributed by atoms with Gasteiger partial charge in [0.05, 0.1) is 5.92 Å². The van der Waals surface area contributed by atoms with E-state index in [1.807, 2.05) is 12.1 Å². The number of hydrogen-bond acceptors (Lipinski definition) is 2. The van der Waals surface area contributed by atoms with Gasteiger partial charge in [0.2, 0.25) is 0 Å². The summed E-state index contributed by atoms with van der Waals surface area (Å²) in [5.74, 6) is -1.67. The van der Waals surface area contributed by atoms with Gasteiger partial charge in [-0.25, -0.2) is 0 Å². The fourth-order valence-corrected chi connectivity index (χ4v) is 2.53. The molecule has 0 spiro atoms. The fourth-order valence-electron chi connectivity index (χ4n) is 2.40. The quantitative estimate of drug-likeness (QED) is 0.766. The Balaban J connectivity index is 2.20. The summed E-state index contributed by atoms with van der Waals surface area (Å²) >= 11 is 5.80. The Morgan fingerprint density at radius 3 is 1.96 bits per heavy atom. The van der Waals surface area contributed by atoms with Crippen LogP contribution in [-0.4, -0.2) is 16.9 Å². The average molecular weight is 331 g/mol. The summed E-state index contributed by atoms with van der Waals surface area (Å²) in [6.07, 6.45) is -0.0714. The SMILES string of the molecule is CC(C)c1ccc([C@@H](CC(=O)c2ccc(Cl)cc2)C(=O)O)cc1. The van der Waals surface area contributed by atoms with Crippen LogP contribution in [0.25, 0.3) is 0 Å². The molecule has 23 heavy (non-hydrogen) atoms. The highest BCUT2D eigenvalue weighted by atomic mass is 35.5. The number of hydrogen-bond donors (Lipinski definition) is 1. The van der Waals surface area contributed by atoms with Crippen LogP contribution in [0.15, 0.2) is 48.5 Å². The van der Waals surface area contributed by atoms with Crippen LogP contribution in [0.3, 0.4) is 0 Å². The second kappa shape index (κ2) is 7.42. The fraction of sp³-hybridized carbons (Fsp3) is 0.263. The van der Waals surface area contributed by atoms with Crippen LogP contribution >= 0.6 is 11.6 Å². The molecule has 2 aromatic rings. The van der Waals surface area contributed by atoms with Crippen LogP contribution < -0.4 is 0 Å². The molecule has 0 aliphatic heterocycles. The first-order valence-corrected chi connectivity index (χ1v) is 7.87. The third-order valence-corrected chi connectivity index (χ3v) is 4.11. The number of ketones is 1. The van der Waals surface area contributed by atoms with E-state index in [9.17, 15) is 14.7 Å². The van der Waals surface area contributed by atoms with Gasteiger partial charge in [0.15, 0.2) is 5.78 Å². The maximum atomic E-state index is 12.3. The molecule has 0 radical (unpaired) electrons. The summed E-state index contributed by atoms with van der Waals surface area (Å²) in [6.45, 7) is 4.15. The van der Waals surface area contributed by atoms with Gasteiger partial charge in [-0.1, -0.05) is 49.7 Å². The van der Waals surface area contributed by atoms with E-state index in [4.69, 9.17) is 11.6 Å². The molecule has 0 unspecified atom stereocenters. The molecule has 120 valence electrons. The molecule has 0 bridgehead atoms. The Hall–Kier alpha value is -2.13. The molecule has 3 nitrogen and oxygen atoms in total. The molecule has 2 rings (SSSR count). The highest BCUT2D eigenvalue weighted by molar-refractivity contribution is 6.30. The molecule has 0 amide bonds. The smallest absolute Gasteiger partial charge is 0.311 e. The molecular formula is C19H19ClO3. The Labute approximate surface area is 140 Å². The molecule has 1 atom stereocenters. The van der Waals surface area contributed by atoms with Gasteiger partial charge in [-0.05, 0) is 41.3 Å². The lowest BCUT2D eigenvalue weighted by atomic mass is 9.90. The molecule has 4 heteroatoms. The summed E-state index contributed by atoms with van der Waals surface area (Å²) in [5.41, 5.74) is 2.26. The molecule has 0 aliphatic carbocycles. The molecule has 0 saturated heterocycles. The number of aliphatic carboxylic acids is 1. The Kier molecular flexibility index (Phi) is 5.56. The highest BCUT2D eigenvalue weighted by Crippen LogP contribution is 2.25. The maximum absolute atomic E-state index is 12.3. The molecule has 1 N–H and O–H groups in total. The van der Waals surface area contributed by atoms with Crippen molar-refractivity contribution in [1.82, 2.24) is 0 Å². The summed E-state index contributed by atoms with van der Waals surface area (Å²) < 4.78 is 0. The minimum atomic E-state index is -0.996. The van der Waals surface area contributed by atoms with E-state index in [1.54, 1.807) is 36.4 Å². The summed E-state index contributed by atoms with van der Waals surface area (Å²) in [4.78, 5) is 23.9. The molecule has 0 heterocycles. The maximum Gasteiger partial charge on any atom is 0.311 e. The Morgan fingerprint density at radius 2 is 1.48 bits per heavy atom. The second-order valence-electron chi connectivity index (χ2n) is 5.85. The first-order valence-electron chi connectivity index (χ1n) is 7.50. The van der Waals surface area contributed by atoms with Gasteiger partial charge >= 0.3 is 5.97 Å². The van der Waals surface area contributed by atoms with Crippen molar-refractivity contribution in [3.8, 4) is 0 Å². The number of carboxylic acids is 1. The van der Waals surface area contributed by atoms with E-state index in [2.05, 4.69) is 13.8 Å². The van der Waals surface area contributed by atoms with Crippen LogP contribution in [0.2, 0.25) is 5.02 Å². The lowest BCUT2D eigenvalue weighted by molar-refractivity contribution is -0.138. The van der Waals surface area contributed by atoms with Crippen LogP contribution in [0, 0.1) is 0 Å². The molecular weight excluding hydrogens is 312 g/mol. The number of benzene rings is 2. The number of carbonyl (C=O) groups is 2. The monoisotopic (exact) mass is 330 g/mol. The van der Waals surface area contributed by atoms with Crippen molar-refractivity contribution < 1.29 is 14.7 Å². The molecule has 0 aromatic heterocycles. The van der Waals surface area contributed by atoms with Gasteiger partial charge in [-0.3, -0.25) is 9.59 Å². The van der Waals surface area contributed by atoms with Crippen LogP contribution in [-0.2, 0) is 4.79 Å². The van der Waals surface area contributed by atoms with E-state index < -0.39 is 11.9 Å². The predicted octanol–water partition coefficient (Wildman–Crippen LogP) is 4.90. The number of carboxylic acid groups (broad SMARTS) is 1. The molecule has 0 fully saturated rings. The zero-order chi connectivity index (χ0) is 17.0. The average Bonchev–Trinajstić information content (AvgIpc) is 2.53. The van der Waals surface area contributed by atoms with E-state index >= 15 is 0 Å². The molecule has 0 saturated carbocycles. The van der Waals surface area contributed by atoms with Crippen LogP contribution in [0.1, 0.15) is 53.6 Å². The lowest BCUT2D eigenvalue weighted by Gasteiger charge is -2.14. The van der Waals surface area contributed by atoms with Crippen molar-refractivity contribution in [3.63, 3.8) is 0 Å². The van der Waals surface area contributed by atoms with Gasteiger partial charge in [0.25, 0.3) is 0 Å². The number of carbonyl (C=O) groups excluding carboxylic acids is 1. The zero-order valence-corrected chi connectivity index (χ0v) is 13.9. The predicted molar refractivity (Wildman–Crippen MR) is 91.3 cm³/mol. The largest absolute Gasteiger partial charge is 0.481 e. The minimum absolute atomic E-state index is 0.0714. The standard InChI is InChI=1S/C19H19ClO3/c1-12(2)13-3-5-14(6-4-13)17(19(22)23)11-18(21)15-7-9-16(20)10-8-15/h3-10,12,17H,11H2,1-2H3,(H,22,23)/t17-/m1/s1. The van der Waals surface area contributed by atoms with Gasteiger partial charge < -0.3 is 5.11 Å². The molecule has 0 aliphatic rings. The molecule has 2 aromatic carbocycles. The number of rotatable bonds is 6. The van der Waals surface area contributed by atoms with E-state index in [-0.39, 0.29) is 12.2 Å². The second-order valence-corrected chi connectivity index (χ2v) is 6.28. The van der Waals surface area contributed by atoms with Gasteiger partial charge in [-0.2, -0.15) is 0 Å². The van der Waals surface area contributed by atoms with E-state index in [1.165, 1.54) is 0 Å². The lowest BCUT2D eigenvalue weighted by Crippen LogP contribution is -2.16. The third-order valence-electron chi connectivity index (χ3n) is 3.86. The van der Waals surface area contributed by atoms with Crippen LogP contribution in [0.4, 0.5) is 0 Å². The van der Waals surface area contributed by atoms with E-state index in [0.717, 1.165) is 5.56 Å². The zero-order valence-electron chi connectivity index (χ0n) is 13.1. The summed E-state index contributed by atoms with van der Waals surface area (Å²) in [5, 5.41) is 10.0. The first kappa shape index (κ1) is 17.2. The van der Waals surface area contributed by atoms with Crippen molar-refractivity contribution in [1.29, 1.82) is 0 Å². The van der Waals surface area contributed by atoms with E-state index in [0.29, 0.717) is 22.1 Å². The normalized spacial score (nSPS) is 12.2. The third kappa shape index (κ3) is 4.42. The minimum Gasteiger partial charge on any atom is -0.481 e. The Bertz CT molecular complexity index is 688. The van der Waals surface area contributed by atoms with Crippen molar-refractivity contribution in [2.75, 3.05) is 0 Å². The van der Waals surface area contributed by atoms with Gasteiger partial charge in [0.1, 0.15) is 0 Å². The topological polar surface area (TPSA) is 54.4 Å². The highest BCUT2D eigenvalue weighted by Gasteiger charge is 2.24. The van der Waals surface area contributed by atoms with Gasteiger partial charge in [0, 0.05) is 17.0 Å². The van der Waals surface area contributed by atoms with Crippen molar-refractivity contribution in [3.05, 3.63) is 70.2 Å². The first-order chi connectivity index (χ1) is 10.9. The number of halogens is 1. The number of Topliss-reactive ketones (excluding diaryl/α,β-unsaturated/α-hetero) is 1. The Morgan fingerprint density at radius 1 is 0.957 bits per heavy atom.